The van der Waals surface area contributed by atoms with Gasteiger partial charge in [0.1, 0.15) is 11.3 Å². The van der Waals surface area contributed by atoms with Crippen LogP contribution in [-0.2, 0) is 20.8 Å². The van der Waals surface area contributed by atoms with Crippen molar-refractivity contribution in [3.8, 4) is 0 Å². The van der Waals surface area contributed by atoms with Crippen molar-refractivity contribution in [3.05, 3.63) is 89.9 Å². The highest BCUT2D eigenvalue weighted by atomic mass is 32.2. The molecule has 0 bridgehead atoms. The van der Waals surface area contributed by atoms with Gasteiger partial charge in [-0.3, -0.25) is 0 Å². The van der Waals surface area contributed by atoms with Crippen LogP contribution in [0.15, 0.2) is 92.8 Å². The maximum atomic E-state index is 12.2. The number of carbonyl (C=O) groups is 1. The minimum absolute atomic E-state index is 0.200. The Hall–Kier alpha value is -3.64. The number of para-hydroxylation sites is 2. The highest BCUT2D eigenvalue weighted by Crippen LogP contribution is 2.48. The lowest BCUT2D eigenvalue weighted by molar-refractivity contribution is -0.142. The molecule has 0 spiro atoms. The fourth-order valence-electron chi connectivity index (χ4n) is 4.06. The second-order valence-electron chi connectivity index (χ2n) is 7.80. The van der Waals surface area contributed by atoms with Crippen molar-refractivity contribution < 1.29 is 18.7 Å². The molecule has 0 N–H and O–H groups in total. The van der Waals surface area contributed by atoms with E-state index in [-0.39, 0.29) is 5.76 Å². The Bertz CT molecular complexity index is 1330. The van der Waals surface area contributed by atoms with E-state index in [1.165, 1.54) is 21.2 Å². The van der Waals surface area contributed by atoms with Gasteiger partial charge in [-0.1, -0.05) is 42.1 Å². The third kappa shape index (κ3) is 4.41. The summed E-state index contributed by atoms with van der Waals surface area (Å²) in [6.45, 7) is 4.92. The summed E-state index contributed by atoms with van der Waals surface area (Å²) in [5.74, 6) is 0.604. The Morgan fingerprint density at radius 3 is 2.26 bits per heavy atom. The molecule has 0 aliphatic carbocycles. The summed E-state index contributed by atoms with van der Waals surface area (Å²) < 4.78 is 16.8. The van der Waals surface area contributed by atoms with Gasteiger partial charge in [0, 0.05) is 15.2 Å². The molecule has 1 aliphatic rings. The molecule has 1 aliphatic heterocycles. The maximum absolute atomic E-state index is 12.2. The number of ether oxygens (including phenoxy) is 2. The Balaban J connectivity index is 1.46. The second kappa shape index (κ2) is 9.69. The van der Waals surface area contributed by atoms with E-state index < -0.39 is 5.97 Å². The molecule has 1 aromatic heterocycles. The van der Waals surface area contributed by atoms with E-state index in [0.29, 0.717) is 19.8 Å². The molecule has 0 saturated heterocycles. The van der Waals surface area contributed by atoms with E-state index in [1.807, 2.05) is 25.1 Å². The van der Waals surface area contributed by atoms with Gasteiger partial charge in [0.2, 0.25) is 5.76 Å². The van der Waals surface area contributed by atoms with Crippen molar-refractivity contribution in [2.75, 3.05) is 18.1 Å². The third-order valence-corrected chi connectivity index (χ3v) is 6.64. The molecule has 5 nitrogen and oxygen atoms in total. The standard InChI is InChI=1S/C28H25NO4S/c1-3-31-25(28(30)32-4-2)16-19-13-14-24-20(15-19)17-21(33-24)18-29-22-9-5-7-11-26(22)34-27-12-8-6-10-23(27)29/h5-17H,3-4,18H2,1-2H3. The highest BCUT2D eigenvalue weighted by Gasteiger charge is 2.24. The highest BCUT2D eigenvalue weighted by molar-refractivity contribution is 7.99. The number of furan rings is 1. The van der Waals surface area contributed by atoms with Crippen LogP contribution >= 0.6 is 11.8 Å². The molecular weight excluding hydrogens is 446 g/mol. The molecule has 4 aromatic rings. The lowest BCUT2D eigenvalue weighted by Crippen LogP contribution is -2.19. The van der Waals surface area contributed by atoms with E-state index in [4.69, 9.17) is 13.9 Å². The Morgan fingerprint density at radius 2 is 1.59 bits per heavy atom. The summed E-state index contributed by atoms with van der Waals surface area (Å²) in [5.41, 5.74) is 3.99. The summed E-state index contributed by atoms with van der Waals surface area (Å²) in [4.78, 5) is 16.9. The van der Waals surface area contributed by atoms with Gasteiger partial charge in [-0.05, 0) is 68.0 Å². The van der Waals surface area contributed by atoms with Crippen LogP contribution in [0.4, 0.5) is 11.4 Å². The van der Waals surface area contributed by atoms with E-state index in [1.54, 1.807) is 24.8 Å². The topological polar surface area (TPSA) is 51.9 Å². The van der Waals surface area contributed by atoms with Gasteiger partial charge in [0.05, 0.1) is 31.1 Å². The molecule has 0 fully saturated rings. The molecule has 0 amide bonds. The zero-order chi connectivity index (χ0) is 23.5. The monoisotopic (exact) mass is 471 g/mol. The molecule has 0 atom stereocenters. The van der Waals surface area contributed by atoms with Crippen molar-refractivity contribution in [3.63, 3.8) is 0 Å². The Kier molecular flexibility index (Phi) is 6.32. The fourth-order valence-corrected chi connectivity index (χ4v) is 5.16. The maximum Gasteiger partial charge on any atom is 0.373 e. The summed E-state index contributed by atoms with van der Waals surface area (Å²) in [6, 6.07) is 24.8. The molecule has 34 heavy (non-hydrogen) atoms. The van der Waals surface area contributed by atoms with Gasteiger partial charge in [-0.2, -0.15) is 0 Å². The van der Waals surface area contributed by atoms with Gasteiger partial charge >= 0.3 is 5.97 Å². The molecule has 0 radical (unpaired) electrons. The van der Waals surface area contributed by atoms with Crippen molar-refractivity contribution in [1.82, 2.24) is 0 Å². The van der Waals surface area contributed by atoms with Crippen molar-refractivity contribution in [1.29, 1.82) is 0 Å². The molecule has 2 heterocycles. The average molecular weight is 472 g/mol. The number of carbonyl (C=O) groups excluding carboxylic acids is 1. The van der Waals surface area contributed by atoms with E-state index in [0.717, 1.165) is 22.3 Å². The first-order valence-corrected chi connectivity index (χ1v) is 12.2. The van der Waals surface area contributed by atoms with E-state index in [2.05, 4.69) is 59.5 Å². The predicted octanol–water partition coefficient (Wildman–Crippen LogP) is 7.18. The summed E-state index contributed by atoms with van der Waals surface area (Å²) in [5, 5.41) is 0.969. The van der Waals surface area contributed by atoms with E-state index in [9.17, 15) is 4.79 Å². The van der Waals surface area contributed by atoms with Crippen LogP contribution in [0.1, 0.15) is 25.2 Å². The van der Waals surface area contributed by atoms with Gasteiger partial charge < -0.3 is 18.8 Å². The third-order valence-electron chi connectivity index (χ3n) is 5.51. The number of anilines is 2. The molecule has 5 rings (SSSR count). The van der Waals surface area contributed by atoms with Gasteiger partial charge in [-0.25, -0.2) is 4.79 Å². The lowest BCUT2D eigenvalue weighted by atomic mass is 10.1. The van der Waals surface area contributed by atoms with Crippen molar-refractivity contribution in [2.24, 2.45) is 0 Å². The Morgan fingerprint density at radius 1 is 0.912 bits per heavy atom. The van der Waals surface area contributed by atoms with Crippen LogP contribution in [0.2, 0.25) is 0 Å². The number of fused-ring (bicyclic) bond motifs is 3. The average Bonchev–Trinajstić information content (AvgIpc) is 3.25. The van der Waals surface area contributed by atoms with Crippen LogP contribution in [0, 0.1) is 0 Å². The normalized spacial score (nSPS) is 12.9. The van der Waals surface area contributed by atoms with Crippen LogP contribution in [0.25, 0.3) is 17.0 Å². The van der Waals surface area contributed by atoms with Crippen LogP contribution in [-0.4, -0.2) is 19.2 Å². The SMILES string of the molecule is CCOC(=O)C(=Cc1ccc2oc(CN3c4ccccc4Sc4ccccc43)cc2c1)OCC. The molecular formula is C28H25NO4S. The summed E-state index contributed by atoms with van der Waals surface area (Å²) in [6.07, 6.45) is 1.71. The number of esters is 1. The summed E-state index contributed by atoms with van der Waals surface area (Å²) >= 11 is 1.79. The molecule has 172 valence electrons. The largest absolute Gasteiger partial charge is 0.487 e. The first-order valence-electron chi connectivity index (χ1n) is 11.3. The number of hydrogen-bond acceptors (Lipinski definition) is 6. The molecule has 6 heteroatoms. The van der Waals surface area contributed by atoms with Crippen LogP contribution < -0.4 is 4.90 Å². The minimum Gasteiger partial charge on any atom is -0.487 e. The van der Waals surface area contributed by atoms with Crippen LogP contribution in [0.5, 0.6) is 0 Å². The molecule has 3 aromatic carbocycles. The first-order chi connectivity index (χ1) is 16.7. The van der Waals surface area contributed by atoms with Gasteiger partial charge in [0.25, 0.3) is 0 Å². The van der Waals surface area contributed by atoms with Crippen molar-refractivity contribution >= 4 is 46.2 Å². The predicted molar refractivity (Wildman–Crippen MR) is 135 cm³/mol. The number of benzene rings is 3. The van der Waals surface area contributed by atoms with E-state index >= 15 is 0 Å². The Labute approximate surface area is 203 Å². The number of hydrogen-bond donors (Lipinski definition) is 0. The zero-order valence-electron chi connectivity index (χ0n) is 19.1. The van der Waals surface area contributed by atoms with Gasteiger partial charge in [0.15, 0.2) is 0 Å². The number of nitrogens with zero attached hydrogens (tertiary/aromatic N) is 1. The smallest absolute Gasteiger partial charge is 0.373 e. The van der Waals surface area contributed by atoms with Crippen LogP contribution in [0.3, 0.4) is 0 Å². The first kappa shape index (κ1) is 22.2. The second-order valence-corrected chi connectivity index (χ2v) is 8.88. The minimum atomic E-state index is -0.461. The molecule has 0 saturated carbocycles. The quantitative estimate of drug-likeness (QED) is 0.162. The number of rotatable bonds is 7. The zero-order valence-corrected chi connectivity index (χ0v) is 19.9. The van der Waals surface area contributed by atoms with Gasteiger partial charge in [-0.15, -0.1) is 0 Å². The summed E-state index contributed by atoms with van der Waals surface area (Å²) in [7, 11) is 0. The van der Waals surface area contributed by atoms with Crippen molar-refractivity contribution in [2.45, 2.75) is 30.2 Å². The fraction of sp³-hybridized carbons (Fsp3) is 0.179. The molecule has 0 unspecified atom stereocenters. The lowest BCUT2D eigenvalue weighted by Gasteiger charge is -2.32.